The first kappa shape index (κ1) is 11.0. The Morgan fingerprint density at radius 2 is 2.00 bits per heavy atom. The molecule has 1 atom stereocenters. The standard InChI is InChI=1S/C13H18O/c1-11(2)10-13(14)9-8-12-6-4-3-5-7-12/h3-7,13-14H,1,8-10H2,2H3/t13-/m0/s1. The second-order valence-electron chi connectivity index (χ2n) is 3.84. The summed E-state index contributed by atoms with van der Waals surface area (Å²) in [6, 6.07) is 10.2. The summed E-state index contributed by atoms with van der Waals surface area (Å²) < 4.78 is 0. The lowest BCUT2D eigenvalue weighted by Crippen LogP contribution is -2.07. The number of aryl methyl sites for hydroxylation is 1. The SMILES string of the molecule is C=C(C)C[C@@H](O)CCc1ccccc1. The summed E-state index contributed by atoms with van der Waals surface area (Å²) in [7, 11) is 0. The van der Waals surface area contributed by atoms with Crippen LogP contribution in [0.1, 0.15) is 25.3 Å². The molecule has 0 aromatic heterocycles. The molecule has 0 aliphatic heterocycles. The molecule has 0 saturated carbocycles. The van der Waals surface area contributed by atoms with Crippen molar-refractivity contribution in [3.05, 3.63) is 48.0 Å². The van der Waals surface area contributed by atoms with Gasteiger partial charge in [-0.1, -0.05) is 35.9 Å². The van der Waals surface area contributed by atoms with E-state index in [1.165, 1.54) is 5.56 Å². The molecule has 0 heterocycles. The number of hydrogen-bond donors (Lipinski definition) is 1. The van der Waals surface area contributed by atoms with Crippen molar-refractivity contribution in [1.82, 2.24) is 0 Å². The average molecular weight is 190 g/mol. The van der Waals surface area contributed by atoms with Crippen LogP contribution in [0.5, 0.6) is 0 Å². The smallest absolute Gasteiger partial charge is 0.0580 e. The van der Waals surface area contributed by atoms with Gasteiger partial charge in [0.15, 0.2) is 0 Å². The Kier molecular flexibility index (Phi) is 4.41. The molecule has 1 heteroatoms. The quantitative estimate of drug-likeness (QED) is 0.708. The lowest BCUT2D eigenvalue weighted by atomic mass is 10.0. The van der Waals surface area contributed by atoms with Crippen molar-refractivity contribution in [3.63, 3.8) is 0 Å². The Labute approximate surface area is 86.1 Å². The highest BCUT2D eigenvalue weighted by atomic mass is 16.3. The van der Waals surface area contributed by atoms with Gasteiger partial charge in [-0.05, 0) is 31.7 Å². The van der Waals surface area contributed by atoms with Crippen molar-refractivity contribution in [2.45, 2.75) is 32.3 Å². The van der Waals surface area contributed by atoms with Gasteiger partial charge in [-0.25, -0.2) is 0 Å². The van der Waals surface area contributed by atoms with Gasteiger partial charge in [0.1, 0.15) is 0 Å². The molecule has 1 aromatic rings. The fraction of sp³-hybridized carbons (Fsp3) is 0.385. The highest BCUT2D eigenvalue weighted by Crippen LogP contribution is 2.10. The van der Waals surface area contributed by atoms with E-state index in [1.807, 2.05) is 25.1 Å². The van der Waals surface area contributed by atoms with E-state index in [9.17, 15) is 5.11 Å². The molecule has 0 saturated heterocycles. The minimum atomic E-state index is -0.243. The molecule has 0 aliphatic carbocycles. The third-order valence-corrected chi connectivity index (χ3v) is 2.19. The van der Waals surface area contributed by atoms with Crippen molar-refractivity contribution in [2.75, 3.05) is 0 Å². The summed E-state index contributed by atoms with van der Waals surface area (Å²) in [5, 5.41) is 9.62. The van der Waals surface area contributed by atoms with Gasteiger partial charge >= 0.3 is 0 Å². The maximum absolute atomic E-state index is 9.62. The second-order valence-corrected chi connectivity index (χ2v) is 3.84. The molecule has 1 aromatic carbocycles. The lowest BCUT2D eigenvalue weighted by molar-refractivity contribution is 0.165. The zero-order chi connectivity index (χ0) is 10.4. The first-order valence-corrected chi connectivity index (χ1v) is 5.05. The van der Waals surface area contributed by atoms with Gasteiger partial charge in [0.05, 0.1) is 6.10 Å². The van der Waals surface area contributed by atoms with Crippen molar-refractivity contribution in [3.8, 4) is 0 Å². The molecule has 0 spiro atoms. The summed E-state index contributed by atoms with van der Waals surface area (Å²) >= 11 is 0. The molecule has 1 nitrogen and oxygen atoms in total. The topological polar surface area (TPSA) is 20.2 Å². The Hall–Kier alpha value is -1.08. The van der Waals surface area contributed by atoms with E-state index in [-0.39, 0.29) is 6.10 Å². The van der Waals surface area contributed by atoms with E-state index in [0.29, 0.717) is 6.42 Å². The summed E-state index contributed by atoms with van der Waals surface area (Å²) in [5.74, 6) is 0. The van der Waals surface area contributed by atoms with Crippen LogP contribution in [0.4, 0.5) is 0 Å². The molecule has 14 heavy (non-hydrogen) atoms. The number of hydrogen-bond acceptors (Lipinski definition) is 1. The van der Waals surface area contributed by atoms with Crippen LogP contribution in [0.3, 0.4) is 0 Å². The van der Waals surface area contributed by atoms with Gasteiger partial charge in [-0.2, -0.15) is 0 Å². The molecule has 0 bridgehead atoms. The minimum Gasteiger partial charge on any atom is -0.393 e. The van der Waals surface area contributed by atoms with E-state index >= 15 is 0 Å². The van der Waals surface area contributed by atoms with E-state index in [1.54, 1.807) is 0 Å². The largest absolute Gasteiger partial charge is 0.393 e. The highest BCUT2D eigenvalue weighted by Gasteiger charge is 2.04. The number of rotatable bonds is 5. The van der Waals surface area contributed by atoms with Crippen molar-refractivity contribution < 1.29 is 5.11 Å². The lowest BCUT2D eigenvalue weighted by Gasteiger charge is -2.09. The summed E-state index contributed by atoms with van der Waals surface area (Å²) in [6.07, 6.45) is 2.23. The zero-order valence-corrected chi connectivity index (χ0v) is 8.74. The number of aliphatic hydroxyl groups is 1. The predicted octanol–water partition coefficient (Wildman–Crippen LogP) is 2.95. The van der Waals surface area contributed by atoms with Crippen LogP contribution < -0.4 is 0 Å². The molecule has 76 valence electrons. The van der Waals surface area contributed by atoms with Crippen LogP contribution in [-0.2, 0) is 6.42 Å². The summed E-state index contributed by atoms with van der Waals surface area (Å²) in [4.78, 5) is 0. The Balaban J connectivity index is 2.30. The van der Waals surface area contributed by atoms with Crippen LogP contribution in [0, 0.1) is 0 Å². The van der Waals surface area contributed by atoms with Gasteiger partial charge in [0.2, 0.25) is 0 Å². The third-order valence-electron chi connectivity index (χ3n) is 2.19. The molecule has 0 aliphatic rings. The fourth-order valence-electron chi connectivity index (χ4n) is 1.48. The van der Waals surface area contributed by atoms with Gasteiger partial charge in [-0.15, -0.1) is 6.58 Å². The number of aliphatic hydroxyl groups excluding tert-OH is 1. The molecule has 1 N–H and O–H groups in total. The first-order valence-electron chi connectivity index (χ1n) is 5.05. The van der Waals surface area contributed by atoms with Gasteiger partial charge in [0, 0.05) is 0 Å². The Morgan fingerprint density at radius 3 is 2.57 bits per heavy atom. The Morgan fingerprint density at radius 1 is 1.36 bits per heavy atom. The normalized spacial score (nSPS) is 12.4. The van der Waals surface area contributed by atoms with Gasteiger partial charge < -0.3 is 5.11 Å². The van der Waals surface area contributed by atoms with Crippen molar-refractivity contribution in [2.24, 2.45) is 0 Å². The van der Waals surface area contributed by atoms with Crippen LogP contribution in [-0.4, -0.2) is 11.2 Å². The summed E-state index contributed by atoms with van der Waals surface area (Å²) in [5.41, 5.74) is 2.33. The molecule has 1 rings (SSSR count). The maximum Gasteiger partial charge on any atom is 0.0580 e. The minimum absolute atomic E-state index is 0.243. The third kappa shape index (κ3) is 4.24. The molecular weight excluding hydrogens is 172 g/mol. The monoisotopic (exact) mass is 190 g/mol. The predicted molar refractivity (Wildman–Crippen MR) is 60.2 cm³/mol. The number of benzene rings is 1. The van der Waals surface area contributed by atoms with E-state index in [4.69, 9.17) is 0 Å². The summed E-state index contributed by atoms with van der Waals surface area (Å²) in [6.45, 7) is 5.74. The molecule has 0 unspecified atom stereocenters. The maximum atomic E-state index is 9.62. The van der Waals surface area contributed by atoms with Gasteiger partial charge in [0.25, 0.3) is 0 Å². The average Bonchev–Trinajstić information content (AvgIpc) is 2.15. The van der Waals surface area contributed by atoms with Crippen molar-refractivity contribution in [1.29, 1.82) is 0 Å². The second kappa shape index (κ2) is 5.61. The van der Waals surface area contributed by atoms with Crippen molar-refractivity contribution >= 4 is 0 Å². The Bertz CT molecular complexity index is 277. The highest BCUT2D eigenvalue weighted by molar-refractivity contribution is 5.14. The van der Waals surface area contributed by atoms with E-state index in [0.717, 1.165) is 18.4 Å². The van der Waals surface area contributed by atoms with Crippen LogP contribution >= 0.6 is 0 Å². The van der Waals surface area contributed by atoms with Crippen LogP contribution in [0.25, 0.3) is 0 Å². The molecule has 0 radical (unpaired) electrons. The van der Waals surface area contributed by atoms with E-state index < -0.39 is 0 Å². The van der Waals surface area contributed by atoms with Crippen LogP contribution in [0.2, 0.25) is 0 Å². The van der Waals surface area contributed by atoms with Gasteiger partial charge in [-0.3, -0.25) is 0 Å². The zero-order valence-electron chi connectivity index (χ0n) is 8.74. The first-order chi connectivity index (χ1) is 6.68. The molecule has 0 fully saturated rings. The molecular formula is C13H18O. The van der Waals surface area contributed by atoms with E-state index in [2.05, 4.69) is 18.7 Å². The van der Waals surface area contributed by atoms with Crippen LogP contribution in [0.15, 0.2) is 42.5 Å². The molecule has 0 amide bonds. The fourth-order valence-corrected chi connectivity index (χ4v) is 1.48.